The van der Waals surface area contributed by atoms with Crippen LogP contribution in [0.1, 0.15) is 54.6 Å². The van der Waals surface area contributed by atoms with Crippen LogP contribution < -0.4 is 5.32 Å². The van der Waals surface area contributed by atoms with Gasteiger partial charge in [-0.2, -0.15) is 4.98 Å². The standard InChI is InChI=1S/C20H26N6O3/c1-11(2)18(28)26-9-14-5-15(24-17(27)16-8-21-12(3)7-22-16)6-20(14,10-26)19-23-13(4)25-29-19/h7-8,11,14-15H,5-6,9-10H2,1-4H3,(H,24,27)/t14-,15+,20-/m0/s1. The Kier molecular flexibility index (Phi) is 4.84. The SMILES string of the molecule is Cc1cnc(C(=O)N[C@@H]2C[C@H]3CN(C(=O)C(C)C)C[C@@]3(c3nc(C)no3)C2)cn1. The Hall–Kier alpha value is -2.84. The molecule has 1 aliphatic carbocycles. The smallest absolute Gasteiger partial charge is 0.271 e. The van der Waals surface area contributed by atoms with Gasteiger partial charge in [0, 0.05) is 31.2 Å². The van der Waals surface area contributed by atoms with Crippen molar-refractivity contribution in [2.75, 3.05) is 13.1 Å². The number of nitrogens with one attached hydrogen (secondary N) is 1. The third kappa shape index (κ3) is 3.49. The highest BCUT2D eigenvalue weighted by molar-refractivity contribution is 5.92. The van der Waals surface area contributed by atoms with Gasteiger partial charge in [0.1, 0.15) is 5.69 Å². The average Bonchev–Trinajstić information content (AvgIpc) is 3.34. The maximum absolute atomic E-state index is 12.6. The number of aryl methyl sites for hydroxylation is 2. The molecule has 0 radical (unpaired) electrons. The first-order chi connectivity index (χ1) is 13.8. The number of carbonyl (C=O) groups is 2. The summed E-state index contributed by atoms with van der Waals surface area (Å²) in [5.41, 5.74) is 0.632. The van der Waals surface area contributed by atoms with E-state index in [1.165, 1.54) is 6.20 Å². The van der Waals surface area contributed by atoms with Crippen molar-refractivity contribution in [3.63, 3.8) is 0 Å². The second-order valence-corrected chi connectivity index (χ2v) is 8.53. The van der Waals surface area contributed by atoms with Crippen molar-refractivity contribution in [1.82, 2.24) is 30.3 Å². The lowest BCUT2D eigenvalue weighted by Crippen LogP contribution is -2.40. The second-order valence-electron chi connectivity index (χ2n) is 8.53. The summed E-state index contributed by atoms with van der Waals surface area (Å²) in [5, 5.41) is 7.04. The van der Waals surface area contributed by atoms with E-state index in [4.69, 9.17) is 4.52 Å². The molecule has 2 aromatic heterocycles. The van der Waals surface area contributed by atoms with Gasteiger partial charge in [0.2, 0.25) is 11.8 Å². The molecule has 3 atom stereocenters. The van der Waals surface area contributed by atoms with Crippen LogP contribution in [0.3, 0.4) is 0 Å². The van der Waals surface area contributed by atoms with Crippen LogP contribution >= 0.6 is 0 Å². The number of nitrogens with zero attached hydrogens (tertiary/aromatic N) is 5. The van der Waals surface area contributed by atoms with Gasteiger partial charge in [-0.15, -0.1) is 0 Å². The Bertz CT molecular complexity index is 925. The Labute approximate surface area is 169 Å². The van der Waals surface area contributed by atoms with Crippen LogP contribution in [-0.2, 0) is 10.2 Å². The first-order valence-electron chi connectivity index (χ1n) is 9.97. The van der Waals surface area contributed by atoms with Gasteiger partial charge in [0.05, 0.1) is 17.3 Å². The molecule has 0 bridgehead atoms. The quantitative estimate of drug-likeness (QED) is 0.828. The molecule has 1 saturated carbocycles. The normalized spacial score (nSPS) is 26.0. The predicted octanol–water partition coefficient (Wildman–Crippen LogP) is 1.42. The van der Waals surface area contributed by atoms with Gasteiger partial charge in [0.15, 0.2) is 5.82 Å². The highest BCUT2D eigenvalue weighted by atomic mass is 16.5. The zero-order valence-corrected chi connectivity index (χ0v) is 17.2. The van der Waals surface area contributed by atoms with Crippen LogP contribution in [0.5, 0.6) is 0 Å². The summed E-state index contributed by atoms with van der Waals surface area (Å²) in [6, 6.07) is -0.0564. The van der Waals surface area contributed by atoms with Crippen LogP contribution in [0.4, 0.5) is 0 Å². The van der Waals surface area contributed by atoms with Crippen molar-refractivity contribution in [1.29, 1.82) is 0 Å². The highest BCUT2D eigenvalue weighted by Crippen LogP contribution is 2.50. The molecule has 1 saturated heterocycles. The molecule has 2 fully saturated rings. The summed E-state index contributed by atoms with van der Waals surface area (Å²) in [7, 11) is 0. The predicted molar refractivity (Wildman–Crippen MR) is 103 cm³/mol. The van der Waals surface area contributed by atoms with Crippen LogP contribution in [0.25, 0.3) is 0 Å². The lowest BCUT2D eigenvalue weighted by Gasteiger charge is -2.26. The minimum absolute atomic E-state index is 0.0564. The summed E-state index contributed by atoms with van der Waals surface area (Å²) in [4.78, 5) is 39.9. The molecule has 3 heterocycles. The van der Waals surface area contributed by atoms with Gasteiger partial charge in [-0.1, -0.05) is 19.0 Å². The fraction of sp³-hybridized carbons (Fsp3) is 0.600. The van der Waals surface area contributed by atoms with E-state index in [1.807, 2.05) is 25.7 Å². The number of carbonyl (C=O) groups excluding carboxylic acids is 2. The van der Waals surface area contributed by atoms with Gasteiger partial charge in [-0.05, 0) is 32.6 Å². The van der Waals surface area contributed by atoms with Crippen LogP contribution in [0.15, 0.2) is 16.9 Å². The number of rotatable bonds is 4. The largest absolute Gasteiger partial charge is 0.348 e. The summed E-state index contributed by atoms with van der Waals surface area (Å²) in [6.45, 7) is 8.60. The molecule has 2 aromatic rings. The number of hydrogen-bond donors (Lipinski definition) is 1. The minimum Gasteiger partial charge on any atom is -0.348 e. The molecule has 4 rings (SSSR count). The maximum atomic E-state index is 12.6. The van der Waals surface area contributed by atoms with Gasteiger partial charge in [-0.3, -0.25) is 14.6 Å². The van der Waals surface area contributed by atoms with E-state index in [0.29, 0.717) is 36.9 Å². The lowest BCUT2D eigenvalue weighted by atomic mass is 9.80. The van der Waals surface area contributed by atoms with Crippen molar-refractivity contribution in [2.45, 2.75) is 52.0 Å². The van der Waals surface area contributed by atoms with E-state index < -0.39 is 5.41 Å². The van der Waals surface area contributed by atoms with Crippen molar-refractivity contribution in [3.05, 3.63) is 35.5 Å². The molecular weight excluding hydrogens is 372 g/mol. The number of aromatic nitrogens is 4. The third-order valence-corrected chi connectivity index (χ3v) is 5.98. The van der Waals surface area contributed by atoms with E-state index >= 15 is 0 Å². The van der Waals surface area contributed by atoms with Crippen LogP contribution in [0, 0.1) is 25.7 Å². The van der Waals surface area contributed by atoms with E-state index in [-0.39, 0.29) is 29.7 Å². The second kappa shape index (κ2) is 7.20. The van der Waals surface area contributed by atoms with E-state index in [9.17, 15) is 9.59 Å². The van der Waals surface area contributed by atoms with Gasteiger partial charge < -0.3 is 14.7 Å². The Morgan fingerprint density at radius 1 is 1.28 bits per heavy atom. The summed E-state index contributed by atoms with van der Waals surface area (Å²) in [5.74, 6) is 1.11. The summed E-state index contributed by atoms with van der Waals surface area (Å²) >= 11 is 0. The van der Waals surface area contributed by atoms with Crippen molar-refractivity contribution in [2.24, 2.45) is 11.8 Å². The zero-order chi connectivity index (χ0) is 20.8. The lowest BCUT2D eigenvalue weighted by molar-refractivity contribution is -0.133. The van der Waals surface area contributed by atoms with E-state index in [0.717, 1.165) is 12.1 Å². The summed E-state index contributed by atoms with van der Waals surface area (Å²) in [6.07, 6.45) is 4.46. The van der Waals surface area contributed by atoms with Crippen LogP contribution in [0.2, 0.25) is 0 Å². The maximum Gasteiger partial charge on any atom is 0.271 e. The molecule has 0 aromatic carbocycles. The number of fused-ring (bicyclic) bond motifs is 1. The summed E-state index contributed by atoms with van der Waals surface area (Å²) < 4.78 is 5.56. The molecule has 0 spiro atoms. The first-order valence-corrected chi connectivity index (χ1v) is 9.97. The fourth-order valence-corrected chi connectivity index (χ4v) is 4.61. The molecule has 1 N–H and O–H groups in total. The molecule has 0 unspecified atom stereocenters. The Morgan fingerprint density at radius 3 is 2.69 bits per heavy atom. The molecule has 154 valence electrons. The monoisotopic (exact) mass is 398 g/mol. The third-order valence-electron chi connectivity index (χ3n) is 5.98. The number of amides is 2. The Balaban J connectivity index is 1.55. The van der Waals surface area contributed by atoms with Crippen molar-refractivity contribution >= 4 is 11.8 Å². The molecule has 2 amide bonds. The number of hydrogen-bond acceptors (Lipinski definition) is 7. The van der Waals surface area contributed by atoms with Gasteiger partial charge in [0.25, 0.3) is 5.91 Å². The molecule has 9 nitrogen and oxygen atoms in total. The van der Waals surface area contributed by atoms with E-state index in [1.54, 1.807) is 13.1 Å². The van der Waals surface area contributed by atoms with E-state index in [2.05, 4.69) is 25.4 Å². The number of likely N-dealkylation sites (tertiary alicyclic amines) is 1. The molecule has 9 heteroatoms. The minimum atomic E-state index is -0.428. The van der Waals surface area contributed by atoms with Gasteiger partial charge >= 0.3 is 0 Å². The van der Waals surface area contributed by atoms with Crippen molar-refractivity contribution in [3.8, 4) is 0 Å². The van der Waals surface area contributed by atoms with Crippen molar-refractivity contribution < 1.29 is 14.1 Å². The fourth-order valence-electron chi connectivity index (χ4n) is 4.61. The van der Waals surface area contributed by atoms with Crippen LogP contribution in [-0.4, -0.2) is 56.0 Å². The first kappa shape index (κ1) is 19.5. The topological polar surface area (TPSA) is 114 Å². The van der Waals surface area contributed by atoms with Gasteiger partial charge in [-0.25, -0.2) is 4.98 Å². The molecule has 29 heavy (non-hydrogen) atoms. The zero-order valence-electron chi connectivity index (χ0n) is 17.2. The molecule has 2 aliphatic rings. The highest BCUT2D eigenvalue weighted by Gasteiger charge is 2.58. The Morgan fingerprint density at radius 2 is 2.07 bits per heavy atom. The molecular formula is C20H26N6O3. The molecule has 1 aliphatic heterocycles. The average molecular weight is 398 g/mol.